The molecule has 2 aliphatic rings. The Hall–Kier alpha value is -3.47. The molecule has 5 nitrogen and oxygen atoms in total. The van der Waals surface area contributed by atoms with E-state index >= 15 is 0 Å². The minimum atomic E-state index is -0.282. The molecule has 3 aromatic carbocycles. The summed E-state index contributed by atoms with van der Waals surface area (Å²) >= 11 is 0. The van der Waals surface area contributed by atoms with Crippen molar-refractivity contribution >= 4 is 5.71 Å². The van der Waals surface area contributed by atoms with E-state index in [4.69, 9.17) is 19.3 Å². The first-order valence-electron chi connectivity index (χ1n) is 11.3. The van der Waals surface area contributed by atoms with Crippen LogP contribution in [0.1, 0.15) is 55.6 Å². The van der Waals surface area contributed by atoms with E-state index in [1.165, 1.54) is 5.56 Å². The predicted octanol–water partition coefficient (Wildman–Crippen LogP) is 6.12. The average Bonchev–Trinajstić information content (AvgIpc) is 3.29. The normalized spacial score (nSPS) is 18.9. The van der Waals surface area contributed by atoms with Crippen LogP contribution in [0.4, 0.5) is 0 Å². The summed E-state index contributed by atoms with van der Waals surface area (Å²) in [6.45, 7) is 5.48. The van der Waals surface area contributed by atoms with Crippen LogP contribution in [0.25, 0.3) is 0 Å². The first kappa shape index (κ1) is 20.4. The van der Waals surface area contributed by atoms with E-state index in [1.54, 1.807) is 0 Å². The molecule has 0 N–H and O–H groups in total. The molecule has 32 heavy (non-hydrogen) atoms. The van der Waals surface area contributed by atoms with Crippen molar-refractivity contribution in [2.24, 2.45) is 5.10 Å². The second kappa shape index (κ2) is 8.95. The van der Waals surface area contributed by atoms with Crippen molar-refractivity contribution in [3.05, 3.63) is 89.5 Å². The lowest BCUT2D eigenvalue weighted by atomic mass is 9.96. The minimum Gasteiger partial charge on any atom is -0.494 e. The Morgan fingerprint density at radius 2 is 1.62 bits per heavy atom. The fourth-order valence-corrected chi connectivity index (χ4v) is 4.29. The number of fused-ring (bicyclic) bond motifs is 3. The first-order chi connectivity index (χ1) is 15.8. The lowest BCUT2D eigenvalue weighted by Gasteiger charge is -2.38. The number of hydrazone groups is 1. The molecule has 0 amide bonds. The number of nitrogens with zero attached hydrogens (tertiary/aromatic N) is 2. The molecule has 0 bridgehead atoms. The zero-order valence-corrected chi connectivity index (χ0v) is 18.5. The molecule has 0 aromatic heterocycles. The standard InChI is InChI=1S/C27H28N2O3/c1-3-17-31-22-15-11-20(12-16-22)27-29-25(23-7-5-6-8-26(23)32-27)18-24(28-29)19-9-13-21(14-10-19)30-4-2/h5-16,25,27H,3-4,17-18H2,1-2H3/t25-,27-/m1/s1. The van der Waals surface area contributed by atoms with Crippen molar-refractivity contribution in [1.82, 2.24) is 5.01 Å². The van der Waals surface area contributed by atoms with Crippen molar-refractivity contribution in [3.8, 4) is 17.2 Å². The minimum absolute atomic E-state index is 0.141. The van der Waals surface area contributed by atoms with Crippen LogP contribution in [-0.4, -0.2) is 23.9 Å². The molecule has 0 unspecified atom stereocenters. The summed E-state index contributed by atoms with van der Waals surface area (Å²) in [5.74, 6) is 2.68. The molecule has 0 radical (unpaired) electrons. The summed E-state index contributed by atoms with van der Waals surface area (Å²) in [5, 5.41) is 7.14. The Labute approximate surface area is 189 Å². The Balaban J connectivity index is 1.46. The van der Waals surface area contributed by atoms with E-state index in [1.807, 2.05) is 43.3 Å². The zero-order valence-electron chi connectivity index (χ0n) is 18.5. The highest BCUT2D eigenvalue weighted by Crippen LogP contribution is 2.47. The van der Waals surface area contributed by atoms with Gasteiger partial charge in [0.25, 0.3) is 0 Å². The maximum atomic E-state index is 6.45. The third kappa shape index (κ3) is 3.91. The first-order valence-corrected chi connectivity index (χ1v) is 11.3. The highest BCUT2D eigenvalue weighted by Gasteiger charge is 2.40. The van der Waals surface area contributed by atoms with Crippen LogP contribution in [0.5, 0.6) is 17.2 Å². The molecule has 0 aliphatic carbocycles. The highest BCUT2D eigenvalue weighted by molar-refractivity contribution is 6.02. The van der Waals surface area contributed by atoms with Gasteiger partial charge in [-0.2, -0.15) is 5.10 Å². The topological polar surface area (TPSA) is 43.3 Å². The number of hydrogen-bond donors (Lipinski definition) is 0. The summed E-state index contributed by atoms with van der Waals surface area (Å²) in [6.07, 6.45) is 1.54. The van der Waals surface area contributed by atoms with E-state index in [0.29, 0.717) is 6.61 Å². The van der Waals surface area contributed by atoms with Crippen LogP contribution in [0.3, 0.4) is 0 Å². The molecule has 0 spiro atoms. The van der Waals surface area contributed by atoms with E-state index in [2.05, 4.69) is 48.3 Å². The van der Waals surface area contributed by atoms with E-state index in [0.717, 1.165) is 53.5 Å². The van der Waals surface area contributed by atoms with Gasteiger partial charge in [0.2, 0.25) is 6.23 Å². The molecule has 5 rings (SSSR count). The fourth-order valence-electron chi connectivity index (χ4n) is 4.29. The number of hydrogen-bond acceptors (Lipinski definition) is 5. The van der Waals surface area contributed by atoms with Gasteiger partial charge in [0, 0.05) is 17.5 Å². The van der Waals surface area contributed by atoms with Gasteiger partial charge in [0.1, 0.15) is 17.2 Å². The van der Waals surface area contributed by atoms with Gasteiger partial charge in [-0.25, -0.2) is 5.01 Å². The van der Waals surface area contributed by atoms with Crippen molar-refractivity contribution in [2.45, 2.75) is 39.0 Å². The van der Waals surface area contributed by atoms with Gasteiger partial charge in [-0.05, 0) is 73.5 Å². The molecule has 0 fully saturated rings. The SMILES string of the molecule is CCCOc1ccc([C@H]2Oc3ccccc3[C@H]3CC(c4ccc(OCC)cc4)=NN32)cc1. The summed E-state index contributed by atoms with van der Waals surface area (Å²) in [6, 6.07) is 24.8. The van der Waals surface area contributed by atoms with Crippen LogP contribution >= 0.6 is 0 Å². The molecular formula is C27H28N2O3. The number of benzene rings is 3. The Kier molecular flexibility index (Phi) is 5.71. The summed E-state index contributed by atoms with van der Waals surface area (Å²) in [7, 11) is 0. The van der Waals surface area contributed by atoms with Crippen molar-refractivity contribution in [3.63, 3.8) is 0 Å². The Bertz CT molecular complexity index is 1090. The van der Waals surface area contributed by atoms with Crippen LogP contribution in [0.2, 0.25) is 0 Å². The molecule has 2 aliphatic heterocycles. The lowest BCUT2D eigenvalue weighted by molar-refractivity contribution is -0.0190. The largest absolute Gasteiger partial charge is 0.494 e. The van der Waals surface area contributed by atoms with Gasteiger partial charge < -0.3 is 14.2 Å². The summed E-state index contributed by atoms with van der Waals surface area (Å²) in [5.41, 5.74) is 4.41. The average molecular weight is 429 g/mol. The van der Waals surface area contributed by atoms with Crippen molar-refractivity contribution in [2.75, 3.05) is 13.2 Å². The van der Waals surface area contributed by atoms with E-state index in [-0.39, 0.29) is 12.3 Å². The monoisotopic (exact) mass is 428 g/mol. The van der Waals surface area contributed by atoms with Gasteiger partial charge >= 0.3 is 0 Å². The predicted molar refractivity (Wildman–Crippen MR) is 125 cm³/mol. The van der Waals surface area contributed by atoms with Crippen molar-refractivity contribution in [1.29, 1.82) is 0 Å². The third-order valence-electron chi connectivity index (χ3n) is 5.84. The smallest absolute Gasteiger partial charge is 0.213 e. The molecule has 0 saturated carbocycles. The quantitative estimate of drug-likeness (QED) is 0.455. The Morgan fingerprint density at radius 1 is 0.906 bits per heavy atom. The maximum absolute atomic E-state index is 6.45. The van der Waals surface area contributed by atoms with Gasteiger partial charge in [0.05, 0.1) is 25.0 Å². The van der Waals surface area contributed by atoms with Crippen LogP contribution in [0.15, 0.2) is 77.9 Å². The highest BCUT2D eigenvalue weighted by atomic mass is 16.5. The third-order valence-corrected chi connectivity index (χ3v) is 5.84. The number of para-hydroxylation sites is 1. The summed E-state index contributed by atoms with van der Waals surface area (Å²) < 4.78 is 17.8. The van der Waals surface area contributed by atoms with Gasteiger partial charge in [-0.1, -0.05) is 25.1 Å². The van der Waals surface area contributed by atoms with Gasteiger partial charge in [-0.3, -0.25) is 0 Å². The van der Waals surface area contributed by atoms with Crippen molar-refractivity contribution < 1.29 is 14.2 Å². The molecular weight excluding hydrogens is 400 g/mol. The van der Waals surface area contributed by atoms with Gasteiger partial charge in [0.15, 0.2) is 0 Å². The van der Waals surface area contributed by atoms with E-state index < -0.39 is 0 Å². The second-order valence-corrected chi connectivity index (χ2v) is 8.03. The molecule has 164 valence electrons. The number of ether oxygens (including phenoxy) is 3. The summed E-state index contributed by atoms with van der Waals surface area (Å²) in [4.78, 5) is 0. The van der Waals surface area contributed by atoms with Gasteiger partial charge in [-0.15, -0.1) is 0 Å². The molecule has 0 saturated heterocycles. The molecule has 2 atom stereocenters. The van der Waals surface area contributed by atoms with E-state index in [9.17, 15) is 0 Å². The molecule has 2 heterocycles. The zero-order chi connectivity index (χ0) is 21.9. The fraction of sp³-hybridized carbons (Fsp3) is 0.296. The van der Waals surface area contributed by atoms with Crippen LogP contribution in [-0.2, 0) is 0 Å². The molecule has 3 aromatic rings. The lowest BCUT2D eigenvalue weighted by Crippen LogP contribution is -2.33. The molecule has 5 heteroatoms. The number of rotatable bonds is 7. The van der Waals surface area contributed by atoms with Crippen LogP contribution < -0.4 is 14.2 Å². The van der Waals surface area contributed by atoms with Crippen LogP contribution in [0, 0.1) is 0 Å². The Morgan fingerprint density at radius 3 is 2.38 bits per heavy atom. The maximum Gasteiger partial charge on any atom is 0.213 e. The second-order valence-electron chi connectivity index (χ2n) is 8.03.